The summed E-state index contributed by atoms with van der Waals surface area (Å²) in [6.07, 6.45) is 0. The predicted molar refractivity (Wildman–Crippen MR) is 209 cm³/mol. The van der Waals surface area contributed by atoms with Crippen LogP contribution in [0, 0.1) is 0 Å². The van der Waals surface area contributed by atoms with Crippen molar-refractivity contribution >= 4 is 0 Å². The first-order valence-corrected chi connectivity index (χ1v) is 18.3. The second kappa shape index (κ2) is 15.4. The lowest BCUT2D eigenvalue weighted by Gasteiger charge is -2.25. The van der Waals surface area contributed by atoms with Crippen LogP contribution in [0.4, 0.5) is 0 Å². The average Bonchev–Trinajstić information content (AvgIpc) is 3.03. The summed E-state index contributed by atoms with van der Waals surface area (Å²) in [7, 11) is 0. The second-order valence-electron chi connectivity index (χ2n) is 17.3. The Morgan fingerprint density at radius 2 is 0.623 bits per heavy atom. The van der Waals surface area contributed by atoms with Crippen LogP contribution in [0.5, 0.6) is 17.2 Å². The molecule has 4 rings (SSSR count). The summed E-state index contributed by atoms with van der Waals surface area (Å²) in [6, 6.07) is 22.6. The van der Waals surface area contributed by atoms with E-state index < -0.39 is 28.0 Å². The van der Waals surface area contributed by atoms with E-state index in [4.69, 9.17) is 14.2 Å². The molecule has 0 atom stereocenters. The minimum atomic E-state index is -1.15. The maximum Gasteiger partial charge on any atom is 0.120 e. The molecule has 53 heavy (non-hydrogen) atoms. The van der Waals surface area contributed by atoms with Gasteiger partial charge in [0.05, 0.1) is 28.0 Å². The van der Waals surface area contributed by atoms with Crippen LogP contribution in [0.3, 0.4) is 0 Å². The minimum Gasteiger partial charge on any atom is -0.489 e. The minimum absolute atomic E-state index is 0.185. The summed E-state index contributed by atoms with van der Waals surface area (Å²) >= 11 is 0. The van der Waals surface area contributed by atoms with Crippen LogP contribution in [0.1, 0.15) is 139 Å². The molecule has 0 spiro atoms. The smallest absolute Gasteiger partial charge is 0.120 e. The van der Waals surface area contributed by atoms with Crippen molar-refractivity contribution < 1.29 is 39.7 Å². The van der Waals surface area contributed by atoms with Crippen molar-refractivity contribution in [2.75, 3.05) is 0 Å². The van der Waals surface area contributed by atoms with Crippen LogP contribution in [0.2, 0.25) is 0 Å². The zero-order valence-electron chi connectivity index (χ0n) is 33.6. The first-order chi connectivity index (χ1) is 24.2. The Morgan fingerprint density at radius 1 is 0.377 bits per heavy atom. The molecule has 0 bridgehead atoms. The highest BCUT2D eigenvalue weighted by molar-refractivity contribution is 5.42. The highest BCUT2D eigenvalue weighted by Gasteiger charge is 2.25. The van der Waals surface area contributed by atoms with Crippen LogP contribution < -0.4 is 14.2 Å². The lowest BCUT2D eigenvalue weighted by Crippen LogP contribution is -2.20. The van der Waals surface area contributed by atoms with E-state index >= 15 is 0 Å². The molecule has 8 heteroatoms. The SMILES string of the molecule is CC(C)c1cc(OCc2cc(COc3cc(C(C)(C)O)cc(C(C)(C)O)c3)cc(COc3cc(C(C)(C)O)cc(C(C)(C)O)c3)c2)cc(C(C)(C)O)c1. The van der Waals surface area contributed by atoms with Gasteiger partial charge in [-0.3, -0.25) is 0 Å². The van der Waals surface area contributed by atoms with Gasteiger partial charge in [-0.25, -0.2) is 0 Å². The van der Waals surface area contributed by atoms with E-state index in [0.29, 0.717) is 39.5 Å². The van der Waals surface area contributed by atoms with Gasteiger partial charge in [-0.2, -0.15) is 0 Å². The topological polar surface area (TPSA) is 129 Å². The van der Waals surface area contributed by atoms with E-state index in [0.717, 1.165) is 27.8 Å². The fraction of sp³-hybridized carbons (Fsp3) is 0.467. The van der Waals surface area contributed by atoms with Gasteiger partial charge in [0.1, 0.15) is 37.1 Å². The summed E-state index contributed by atoms with van der Waals surface area (Å²) in [4.78, 5) is 0. The maximum absolute atomic E-state index is 10.8. The number of ether oxygens (including phenoxy) is 3. The third-order valence-corrected chi connectivity index (χ3v) is 9.27. The third kappa shape index (κ3) is 11.8. The molecule has 0 fully saturated rings. The number of hydrogen-bond donors (Lipinski definition) is 5. The molecule has 0 aliphatic heterocycles. The van der Waals surface area contributed by atoms with Gasteiger partial charge in [0.2, 0.25) is 0 Å². The van der Waals surface area contributed by atoms with E-state index in [9.17, 15) is 25.5 Å². The van der Waals surface area contributed by atoms with E-state index in [2.05, 4.69) is 13.8 Å². The Morgan fingerprint density at radius 3 is 0.868 bits per heavy atom. The predicted octanol–water partition coefficient (Wildman–Crippen LogP) is 8.68. The molecule has 0 aliphatic carbocycles. The Hall–Kier alpha value is -3.92. The van der Waals surface area contributed by atoms with Crippen LogP contribution in [0.15, 0.2) is 72.8 Å². The molecule has 4 aromatic carbocycles. The lowest BCUT2D eigenvalue weighted by atomic mass is 9.90. The fourth-order valence-electron chi connectivity index (χ4n) is 5.76. The van der Waals surface area contributed by atoms with Gasteiger partial charge < -0.3 is 39.7 Å². The fourth-order valence-corrected chi connectivity index (χ4v) is 5.76. The standard InChI is InChI=1S/C45H60O8/c1-28(2)32-16-33(41(3,4)46)20-38(17-32)51-25-29-13-30(26-52-39-21-34(42(5,6)47)18-35(22-39)43(7,8)48)15-31(14-29)27-53-40-23-36(44(9,10)49)19-37(24-40)45(11,12)50/h13-24,28,46-50H,25-27H2,1-12H3. The van der Waals surface area contributed by atoms with Crippen molar-refractivity contribution in [3.8, 4) is 17.2 Å². The molecular weight excluding hydrogens is 668 g/mol. The lowest BCUT2D eigenvalue weighted by molar-refractivity contribution is 0.0700. The molecule has 0 radical (unpaired) electrons. The van der Waals surface area contributed by atoms with Crippen molar-refractivity contribution in [2.24, 2.45) is 0 Å². The molecule has 0 amide bonds. The molecule has 8 nitrogen and oxygen atoms in total. The quantitative estimate of drug-likeness (QED) is 0.0823. The van der Waals surface area contributed by atoms with Crippen molar-refractivity contribution in [1.29, 1.82) is 0 Å². The zero-order valence-corrected chi connectivity index (χ0v) is 33.6. The summed E-state index contributed by atoms with van der Waals surface area (Å²) in [5.41, 5.74) is 1.26. The average molecular weight is 729 g/mol. The Balaban J connectivity index is 1.70. The number of benzene rings is 4. The van der Waals surface area contributed by atoms with Gasteiger partial charge >= 0.3 is 0 Å². The maximum atomic E-state index is 10.8. The van der Waals surface area contributed by atoms with E-state index in [1.54, 1.807) is 106 Å². The van der Waals surface area contributed by atoms with Crippen LogP contribution >= 0.6 is 0 Å². The number of hydrogen-bond acceptors (Lipinski definition) is 8. The van der Waals surface area contributed by atoms with Gasteiger partial charge in [-0.05, 0) is 192 Å². The largest absolute Gasteiger partial charge is 0.489 e. The third-order valence-electron chi connectivity index (χ3n) is 9.27. The van der Waals surface area contributed by atoms with Gasteiger partial charge in [0.15, 0.2) is 0 Å². The first-order valence-electron chi connectivity index (χ1n) is 18.3. The molecular formula is C45H60O8. The highest BCUT2D eigenvalue weighted by Crippen LogP contribution is 2.34. The van der Waals surface area contributed by atoms with E-state index in [1.165, 1.54) is 0 Å². The van der Waals surface area contributed by atoms with Crippen LogP contribution in [-0.4, -0.2) is 25.5 Å². The van der Waals surface area contributed by atoms with Crippen LogP contribution in [0.25, 0.3) is 0 Å². The van der Waals surface area contributed by atoms with Gasteiger partial charge in [0, 0.05) is 0 Å². The van der Waals surface area contributed by atoms with Crippen molar-refractivity contribution in [2.45, 2.75) is 137 Å². The molecule has 0 saturated heterocycles. The summed E-state index contributed by atoms with van der Waals surface area (Å²) in [5, 5.41) is 54.0. The van der Waals surface area contributed by atoms with E-state index in [-0.39, 0.29) is 25.7 Å². The van der Waals surface area contributed by atoms with Gasteiger partial charge in [-0.15, -0.1) is 0 Å². The molecule has 288 valence electrons. The Bertz CT molecular complexity index is 1710. The molecule has 0 aliphatic rings. The monoisotopic (exact) mass is 728 g/mol. The van der Waals surface area contributed by atoms with Crippen molar-refractivity contribution in [3.05, 3.63) is 123 Å². The Labute approximate surface area is 316 Å². The normalized spacial score (nSPS) is 13.0. The van der Waals surface area contributed by atoms with Crippen molar-refractivity contribution in [1.82, 2.24) is 0 Å². The van der Waals surface area contributed by atoms with Gasteiger partial charge in [-0.1, -0.05) is 19.9 Å². The molecule has 4 aromatic rings. The number of aliphatic hydroxyl groups is 5. The molecule has 0 unspecified atom stereocenters. The highest BCUT2D eigenvalue weighted by atomic mass is 16.5. The van der Waals surface area contributed by atoms with Gasteiger partial charge in [0.25, 0.3) is 0 Å². The molecule has 0 saturated carbocycles. The van der Waals surface area contributed by atoms with Crippen molar-refractivity contribution in [3.63, 3.8) is 0 Å². The number of rotatable bonds is 15. The summed E-state index contributed by atoms with van der Waals surface area (Å²) < 4.78 is 19.0. The molecule has 5 N–H and O–H groups in total. The first kappa shape index (κ1) is 41.8. The Kier molecular flexibility index (Phi) is 12.2. The molecule has 0 aromatic heterocycles. The molecule has 0 heterocycles. The summed E-state index contributed by atoms with van der Waals surface area (Å²) in [6.45, 7) is 21.9. The second-order valence-corrected chi connectivity index (χ2v) is 17.3. The summed E-state index contributed by atoms with van der Waals surface area (Å²) in [5.74, 6) is 1.90. The van der Waals surface area contributed by atoms with E-state index in [1.807, 2.05) is 36.4 Å². The zero-order chi connectivity index (χ0) is 39.7. The van der Waals surface area contributed by atoms with Crippen LogP contribution in [-0.2, 0) is 47.8 Å².